The van der Waals surface area contributed by atoms with Crippen LogP contribution in [0.4, 0.5) is 0 Å². The Morgan fingerprint density at radius 1 is 1.21 bits per heavy atom. The normalized spacial score (nSPS) is 18.7. The molecule has 1 aromatic heterocycles. The van der Waals surface area contributed by atoms with Crippen molar-refractivity contribution in [2.24, 2.45) is 5.92 Å². The molecule has 0 spiro atoms. The van der Waals surface area contributed by atoms with Gasteiger partial charge in [0.2, 0.25) is 0 Å². The Labute approximate surface area is 168 Å². The van der Waals surface area contributed by atoms with Crippen molar-refractivity contribution in [1.29, 1.82) is 0 Å². The van der Waals surface area contributed by atoms with Gasteiger partial charge in [0.25, 0.3) is 0 Å². The Balaban J connectivity index is 1.65. The Hall–Kier alpha value is -1.89. The maximum absolute atomic E-state index is 9.52. The maximum atomic E-state index is 9.52. The molecule has 2 aromatic rings. The summed E-state index contributed by atoms with van der Waals surface area (Å²) in [7, 11) is 1.68. The second kappa shape index (κ2) is 10.0. The summed E-state index contributed by atoms with van der Waals surface area (Å²) in [4.78, 5) is 9.63. The molecule has 0 aliphatic carbocycles. The van der Waals surface area contributed by atoms with Gasteiger partial charge in [-0.15, -0.1) is 0 Å². The molecular formula is C22H34N4O2. The third-order valence-electron chi connectivity index (χ3n) is 5.58. The summed E-state index contributed by atoms with van der Waals surface area (Å²) in [5, 5.41) is 9.52. The summed E-state index contributed by atoms with van der Waals surface area (Å²) in [6, 6.07) is 8.49. The third kappa shape index (κ3) is 5.34. The van der Waals surface area contributed by atoms with Gasteiger partial charge < -0.3 is 14.4 Å². The summed E-state index contributed by atoms with van der Waals surface area (Å²) in [5.41, 5.74) is 1.09. The van der Waals surface area contributed by atoms with Crippen molar-refractivity contribution in [2.45, 2.75) is 39.3 Å². The number of piperazine rings is 1. The van der Waals surface area contributed by atoms with Gasteiger partial charge in [0.1, 0.15) is 11.6 Å². The summed E-state index contributed by atoms with van der Waals surface area (Å²) in [6.07, 6.45) is 5.93. The standard InChI is InChI=1S/C22H34N4O2/c1-18(2)8-11-25-14-13-24(16-20(25)9-15-27)17-22-23-10-12-26(22)19-4-6-21(28-3)7-5-19/h4-7,10,12,18,20,27H,8-9,11,13-17H2,1-3H3/t20-/m1/s1. The molecule has 0 amide bonds. The SMILES string of the molecule is COc1ccc(-n2ccnc2CN2CCN(CCC(C)C)[C@H](CCO)C2)cc1. The molecular weight excluding hydrogens is 352 g/mol. The average Bonchev–Trinajstić information content (AvgIpc) is 3.15. The first-order chi connectivity index (χ1) is 13.6. The number of nitrogens with zero attached hydrogens (tertiary/aromatic N) is 4. The molecule has 0 unspecified atom stereocenters. The molecule has 1 atom stereocenters. The minimum Gasteiger partial charge on any atom is -0.497 e. The Morgan fingerprint density at radius 3 is 2.68 bits per heavy atom. The molecule has 6 heteroatoms. The molecule has 2 heterocycles. The van der Waals surface area contributed by atoms with E-state index in [1.807, 2.05) is 24.5 Å². The lowest BCUT2D eigenvalue weighted by Crippen LogP contribution is -2.53. The maximum Gasteiger partial charge on any atom is 0.127 e. The first kappa shape index (κ1) is 20.8. The molecule has 1 aromatic carbocycles. The van der Waals surface area contributed by atoms with Crippen LogP contribution < -0.4 is 4.74 Å². The Kier molecular flexibility index (Phi) is 7.48. The number of aliphatic hydroxyl groups is 1. The number of aromatic nitrogens is 2. The van der Waals surface area contributed by atoms with Gasteiger partial charge in [0, 0.05) is 50.4 Å². The van der Waals surface area contributed by atoms with E-state index in [-0.39, 0.29) is 6.61 Å². The van der Waals surface area contributed by atoms with Crippen LogP contribution in [0.1, 0.15) is 32.5 Å². The summed E-state index contributed by atoms with van der Waals surface area (Å²) in [5.74, 6) is 2.61. The van der Waals surface area contributed by atoms with Crippen LogP contribution in [0, 0.1) is 5.92 Å². The van der Waals surface area contributed by atoms with Crippen molar-refractivity contribution in [3.63, 3.8) is 0 Å². The monoisotopic (exact) mass is 386 g/mol. The van der Waals surface area contributed by atoms with Crippen molar-refractivity contribution >= 4 is 0 Å². The fraction of sp³-hybridized carbons (Fsp3) is 0.591. The highest BCUT2D eigenvalue weighted by Crippen LogP contribution is 2.20. The van der Waals surface area contributed by atoms with Gasteiger partial charge in [0.05, 0.1) is 13.7 Å². The fourth-order valence-electron chi connectivity index (χ4n) is 3.87. The minimum absolute atomic E-state index is 0.247. The lowest BCUT2D eigenvalue weighted by Gasteiger charge is -2.41. The third-order valence-corrected chi connectivity index (χ3v) is 5.58. The van der Waals surface area contributed by atoms with E-state index in [2.05, 4.69) is 45.3 Å². The van der Waals surface area contributed by atoms with Crippen LogP contribution in [0.15, 0.2) is 36.7 Å². The first-order valence-corrected chi connectivity index (χ1v) is 10.3. The Morgan fingerprint density at radius 2 is 2.00 bits per heavy atom. The van der Waals surface area contributed by atoms with Gasteiger partial charge in [-0.1, -0.05) is 13.8 Å². The Bertz CT molecular complexity index is 714. The number of hydrogen-bond donors (Lipinski definition) is 1. The van der Waals surface area contributed by atoms with E-state index in [0.717, 1.165) is 56.4 Å². The lowest BCUT2D eigenvalue weighted by atomic mass is 10.1. The molecule has 1 saturated heterocycles. The molecule has 154 valence electrons. The molecule has 0 radical (unpaired) electrons. The first-order valence-electron chi connectivity index (χ1n) is 10.3. The lowest BCUT2D eigenvalue weighted by molar-refractivity contribution is 0.0510. The largest absolute Gasteiger partial charge is 0.497 e. The van der Waals surface area contributed by atoms with Crippen molar-refractivity contribution in [3.8, 4) is 11.4 Å². The topological polar surface area (TPSA) is 53.8 Å². The van der Waals surface area contributed by atoms with E-state index in [9.17, 15) is 5.11 Å². The predicted molar refractivity (Wildman–Crippen MR) is 112 cm³/mol. The number of hydrogen-bond acceptors (Lipinski definition) is 5. The number of imidazole rings is 1. The van der Waals surface area contributed by atoms with E-state index in [4.69, 9.17) is 4.74 Å². The molecule has 6 nitrogen and oxygen atoms in total. The highest BCUT2D eigenvalue weighted by atomic mass is 16.5. The number of benzene rings is 1. The molecule has 1 aliphatic heterocycles. The zero-order valence-corrected chi connectivity index (χ0v) is 17.4. The van der Waals surface area contributed by atoms with E-state index < -0.39 is 0 Å². The van der Waals surface area contributed by atoms with Crippen molar-refractivity contribution in [3.05, 3.63) is 42.5 Å². The molecule has 0 saturated carbocycles. The van der Waals surface area contributed by atoms with E-state index in [0.29, 0.717) is 12.0 Å². The van der Waals surface area contributed by atoms with Gasteiger partial charge in [-0.05, 0) is 49.6 Å². The van der Waals surface area contributed by atoms with Gasteiger partial charge >= 0.3 is 0 Å². The van der Waals surface area contributed by atoms with Crippen molar-refractivity contribution in [2.75, 3.05) is 39.9 Å². The molecule has 28 heavy (non-hydrogen) atoms. The summed E-state index contributed by atoms with van der Waals surface area (Å²) < 4.78 is 7.40. The van der Waals surface area contributed by atoms with Crippen LogP contribution >= 0.6 is 0 Å². The van der Waals surface area contributed by atoms with Crippen LogP contribution in [-0.2, 0) is 6.54 Å². The van der Waals surface area contributed by atoms with E-state index >= 15 is 0 Å². The molecule has 0 bridgehead atoms. The average molecular weight is 387 g/mol. The highest BCUT2D eigenvalue weighted by molar-refractivity contribution is 5.38. The van der Waals surface area contributed by atoms with Crippen LogP contribution in [0.2, 0.25) is 0 Å². The van der Waals surface area contributed by atoms with Gasteiger partial charge in [-0.25, -0.2) is 4.98 Å². The van der Waals surface area contributed by atoms with Crippen molar-refractivity contribution < 1.29 is 9.84 Å². The van der Waals surface area contributed by atoms with Gasteiger partial charge in [0.15, 0.2) is 0 Å². The number of aliphatic hydroxyl groups excluding tert-OH is 1. The van der Waals surface area contributed by atoms with Crippen LogP contribution in [-0.4, -0.2) is 70.4 Å². The van der Waals surface area contributed by atoms with Gasteiger partial charge in [-0.2, -0.15) is 0 Å². The second-order valence-corrected chi connectivity index (χ2v) is 8.03. The molecule has 1 aliphatic rings. The fourth-order valence-corrected chi connectivity index (χ4v) is 3.87. The van der Waals surface area contributed by atoms with Crippen molar-refractivity contribution in [1.82, 2.24) is 19.4 Å². The summed E-state index contributed by atoms with van der Waals surface area (Å²) in [6.45, 7) is 9.81. The quantitative estimate of drug-likeness (QED) is 0.718. The van der Waals surface area contributed by atoms with Crippen LogP contribution in [0.5, 0.6) is 5.75 Å². The molecule has 1 fully saturated rings. The zero-order valence-electron chi connectivity index (χ0n) is 17.4. The van der Waals surface area contributed by atoms with E-state index in [1.54, 1.807) is 7.11 Å². The number of ether oxygens (including phenoxy) is 1. The second-order valence-electron chi connectivity index (χ2n) is 8.03. The molecule has 1 N–H and O–H groups in total. The predicted octanol–water partition coefficient (Wildman–Crippen LogP) is 2.80. The number of methoxy groups -OCH3 is 1. The highest BCUT2D eigenvalue weighted by Gasteiger charge is 2.27. The minimum atomic E-state index is 0.247. The van der Waals surface area contributed by atoms with Crippen LogP contribution in [0.3, 0.4) is 0 Å². The van der Waals surface area contributed by atoms with E-state index in [1.165, 1.54) is 6.42 Å². The number of rotatable bonds is 9. The smallest absolute Gasteiger partial charge is 0.127 e. The molecule has 3 rings (SSSR count). The zero-order chi connectivity index (χ0) is 19.9. The van der Waals surface area contributed by atoms with Gasteiger partial charge in [-0.3, -0.25) is 9.80 Å². The summed E-state index contributed by atoms with van der Waals surface area (Å²) >= 11 is 0. The van der Waals surface area contributed by atoms with Crippen LogP contribution in [0.25, 0.3) is 5.69 Å².